The van der Waals surface area contributed by atoms with Crippen molar-refractivity contribution in [1.29, 1.82) is 0 Å². The Labute approximate surface area is 109 Å². The molecule has 0 radical (unpaired) electrons. The van der Waals surface area contributed by atoms with Gasteiger partial charge in [0.2, 0.25) is 0 Å². The Kier molecular flexibility index (Phi) is 6.87. The van der Waals surface area contributed by atoms with Crippen molar-refractivity contribution in [3.05, 3.63) is 35.9 Å². The zero-order chi connectivity index (χ0) is 13.2. The van der Waals surface area contributed by atoms with Gasteiger partial charge in [0.25, 0.3) is 0 Å². The lowest BCUT2D eigenvalue weighted by Gasteiger charge is -2.13. The quantitative estimate of drug-likeness (QED) is 0.730. The van der Waals surface area contributed by atoms with Crippen molar-refractivity contribution >= 4 is 6.09 Å². The molecule has 0 saturated carbocycles. The van der Waals surface area contributed by atoms with Crippen LogP contribution in [0.4, 0.5) is 4.79 Å². The molecule has 1 rings (SSSR count). The molecule has 0 aliphatic carbocycles. The second kappa shape index (κ2) is 8.53. The third-order valence-electron chi connectivity index (χ3n) is 2.67. The fourth-order valence-electron chi connectivity index (χ4n) is 1.63. The fourth-order valence-corrected chi connectivity index (χ4v) is 1.63. The van der Waals surface area contributed by atoms with E-state index >= 15 is 0 Å². The summed E-state index contributed by atoms with van der Waals surface area (Å²) in [7, 11) is 0. The number of carbonyl (C=O) groups excluding carboxylic acids is 1. The SMILES string of the molecule is CC(CCCCN)NC(=O)OCc1ccccc1. The summed E-state index contributed by atoms with van der Waals surface area (Å²) in [6, 6.07) is 9.76. The number of rotatable bonds is 7. The smallest absolute Gasteiger partial charge is 0.407 e. The summed E-state index contributed by atoms with van der Waals surface area (Å²) in [6.45, 7) is 2.98. The summed E-state index contributed by atoms with van der Waals surface area (Å²) in [5, 5.41) is 2.81. The van der Waals surface area contributed by atoms with E-state index in [1.807, 2.05) is 37.3 Å². The second-order valence-electron chi connectivity index (χ2n) is 4.39. The number of hydrogen-bond donors (Lipinski definition) is 2. The Morgan fingerprint density at radius 2 is 2.06 bits per heavy atom. The number of nitrogens with two attached hydrogens (primary N) is 1. The first-order valence-corrected chi connectivity index (χ1v) is 6.39. The van der Waals surface area contributed by atoms with Crippen molar-refractivity contribution < 1.29 is 9.53 Å². The van der Waals surface area contributed by atoms with Gasteiger partial charge in [-0.25, -0.2) is 4.79 Å². The van der Waals surface area contributed by atoms with E-state index in [9.17, 15) is 4.79 Å². The van der Waals surface area contributed by atoms with E-state index in [-0.39, 0.29) is 12.1 Å². The van der Waals surface area contributed by atoms with E-state index in [1.165, 1.54) is 0 Å². The summed E-state index contributed by atoms with van der Waals surface area (Å²) in [5.41, 5.74) is 6.41. The summed E-state index contributed by atoms with van der Waals surface area (Å²) >= 11 is 0. The molecular weight excluding hydrogens is 228 g/mol. The number of nitrogens with one attached hydrogen (secondary N) is 1. The van der Waals surface area contributed by atoms with Crippen LogP contribution in [0.3, 0.4) is 0 Å². The molecule has 1 unspecified atom stereocenters. The van der Waals surface area contributed by atoms with Crippen molar-refractivity contribution in [1.82, 2.24) is 5.32 Å². The van der Waals surface area contributed by atoms with E-state index in [2.05, 4.69) is 5.32 Å². The topological polar surface area (TPSA) is 64.3 Å². The molecule has 100 valence electrons. The Balaban J connectivity index is 2.17. The van der Waals surface area contributed by atoms with E-state index < -0.39 is 0 Å². The zero-order valence-electron chi connectivity index (χ0n) is 10.9. The number of amides is 1. The Morgan fingerprint density at radius 3 is 2.72 bits per heavy atom. The molecule has 0 aliphatic heterocycles. The van der Waals surface area contributed by atoms with Gasteiger partial charge in [0, 0.05) is 6.04 Å². The van der Waals surface area contributed by atoms with E-state index in [0.29, 0.717) is 13.2 Å². The van der Waals surface area contributed by atoms with Crippen LogP contribution in [0.15, 0.2) is 30.3 Å². The van der Waals surface area contributed by atoms with Gasteiger partial charge in [-0.2, -0.15) is 0 Å². The first-order valence-electron chi connectivity index (χ1n) is 6.39. The largest absolute Gasteiger partial charge is 0.445 e. The average molecular weight is 250 g/mol. The molecule has 0 aromatic heterocycles. The predicted molar refractivity (Wildman–Crippen MR) is 72.1 cm³/mol. The van der Waals surface area contributed by atoms with E-state index in [0.717, 1.165) is 24.8 Å². The van der Waals surface area contributed by atoms with Crippen molar-refractivity contribution in [2.75, 3.05) is 6.54 Å². The third-order valence-corrected chi connectivity index (χ3v) is 2.67. The van der Waals surface area contributed by atoms with Gasteiger partial charge in [0.1, 0.15) is 6.61 Å². The highest BCUT2D eigenvalue weighted by atomic mass is 16.5. The first kappa shape index (κ1) is 14.5. The molecule has 1 atom stereocenters. The highest BCUT2D eigenvalue weighted by Crippen LogP contribution is 2.02. The standard InChI is InChI=1S/C14H22N2O2/c1-12(7-5-6-10-15)16-14(17)18-11-13-8-3-2-4-9-13/h2-4,8-9,12H,5-7,10-11,15H2,1H3,(H,16,17). The minimum atomic E-state index is -0.362. The Hall–Kier alpha value is -1.55. The zero-order valence-corrected chi connectivity index (χ0v) is 10.9. The van der Waals surface area contributed by atoms with Crippen LogP contribution >= 0.6 is 0 Å². The van der Waals surface area contributed by atoms with Gasteiger partial charge >= 0.3 is 6.09 Å². The highest BCUT2D eigenvalue weighted by Gasteiger charge is 2.07. The van der Waals surface area contributed by atoms with Crippen LogP contribution in [0, 0.1) is 0 Å². The number of carbonyl (C=O) groups is 1. The van der Waals surface area contributed by atoms with E-state index in [1.54, 1.807) is 0 Å². The Bertz CT molecular complexity index is 341. The molecule has 0 bridgehead atoms. The molecule has 18 heavy (non-hydrogen) atoms. The average Bonchev–Trinajstić information content (AvgIpc) is 2.38. The number of benzene rings is 1. The van der Waals surface area contributed by atoms with Gasteiger partial charge in [-0.15, -0.1) is 0 Å². The maximum Gasteiger partial charge on any atom is 0.407 e. The molecule has 0 saturated heterocycles. The molecule has 1 aromatic rings. The maximum atomic E-state index is 11.5. The number of alkyl carbamates (subject to hydrolysis) is 1. The lowest BCUT2D eigenvalue weighted by atomic mass is 10.1. The van der Waals surface area contributed by atoms with Crippen LogP contribution in [-0.4, -0.2) is 18.7 Å². The summed E-state index contributed by atoms with van der Waals surface area (Å²) in [4.78, 5) is 11.5. The Morgan fingerprint density at radius 1 is 1.33 bits per heavy atom. The van der Waals surface area contributed by atoms with Crippen LogP contribution in [0.5, 0.6) is 0 Å². The summed E-state index contributed by atoms with van der Waals surface area (Å²) in [6.07, 6.45) is 2.58. The van der Waals surface area contributed by atoms with Crippen LogP contribution in [0.25, 0.3) is 0 Å². The lowest BCUT2D eigenvalue weighted by Crippen LogP contribution is -2.33. The number of hydrogen-bond acceptors (Lipinski definition) is 3. The van der Waals surface area contributed by atoms with Gasteiger partial charge in [-0.3, -0.25) is 0 Å². The summed E-state index contributed by atoms with van der Waals surface area (Å²) < 4.78 is 5.13. The van der Waals surface area contributed by atoms with Crippen LogP contribution in [-0.2, 0) is 11.3 Å². The lowest BCUT2D eigenvalue weighted by molar-refractivity contribution is 0.136. The monoisotopic (exact) mass is 250 g/mol. The van der Waals surface area contributed by atoms with Crippen LogP contribution in [0.1, 0.15) is 31.7 Å². The van der Waals surface area contributed by atoms with Gasteiger partial charge in [-0.05, 0) is 31.9 Å². The van der Waals surface area contributed by atoms with Crippen molar-refractivity contribution in [2.24, 2.45) is 5.73 Å². The fraction of sp³-hybridized carbons (Fsp3) is 0.500. The molecule has 1 amide bonds. The third kappa shape index (κ3) is 6.25. The molecule has 0 aliphatic rings. The predicted octanol–water partition coefficient (Wildman–Crippen LogP) is 2.43. The molecule has 1 aromatic carbocycles. The molecular formula is C14H22N2O2. The molecule has 0 spiro atoms. The highest BCUT2D eigenvalue weighted by molar-refractivity contribution is 5.67. The van der Waals surface area contributed by atoms with Crippen molar-refractivity contribution in [3.8, 4) is 0 Å². The minimum absolute atomic E-state index is 0.125. The van der Waals surface area contributed by atoms with Crippen molar-refractivity contribution in [2.45, 2.75) is 38.8 Å². The minimum Gasteiger partial charge on any atom is -0.445 e. The first-order chi connectivity index (χ1) is 8.72. The number of ether oxygens (including phenoxy) is 1. The molecule has 3 N–H and O–H groups in total. The van der Waals surface area contributed by atoms with Crippen LogP contribution in [0.2, 0.25) is 0 Å². The molecule has 4 heteroatoms. The van der Waals surface area contributed by atoms with Gasteiger partial charge in [0.15, 0.2) is 0 Å². The normalized spacial score (nSPS) is 11.9. The van der Waals surface area contributed by atoms with Crippen molar-refractivity contribution in [3.63, 3.8) is 0 Å². The van der Waals surface area contributed by atoms with Gasteiger partial charge in [-0.1, -0.05) is 36.8 Å². The van der Waals surface area contributed by atoms with Crippen LogP contribution < -0.4 is 11.1 Å². The molecule has 0 heterocycles. The second-order valence-corrected chi connectivity index (χ2v) is 4.39. The van der Waals surface area contributed by atoms with E-state index in [4.69, 9.17) is 10.5 Å². The maximum absolute atomic E-state index is 11.5. The van der Waals surface area contributed by atoms with Gasteiger partial charge in [0.05, 0.1) is 0 Å². The summed E-state index contributed by atoms with van der Waals surface area (Å²) in [5.74, 6) is 0. The molecule has 0 fully saturated rings. The number of unbranched alkanes of at least 4 members (excludes halogenated alkanes) is 1. The van der Waals surface area contributed by atoms with Gasteiger partial charge < -0.3 is 15.8 Å². The molecule has 4 nitrogen and oxygen atoms in total.